The second-order valence-electron chi connectivity index (χ2n) is 7.23. The number of likely N-dealkylation sites (tertiary alicyclic amines) is 2. The summed E-state index contributed by atoms with van der Waals surface area (Å²) in [6.07, 6.45) is 11.4. The van der Waals surface area contributed by atoms with E-state index in [0.717, 1.165) is 12.0 Å². The lowest BCUT2D eigenvalue weighted by Gasteiger charge is -2.35. The Kier molecular flexibility index (Phi) is 5.75. The quantitative estimate of drug-likeness (QED) is 0.833. The van der Waals surface area contributed by atoms with Crippen LogP contribution >= 0.6 is 0 Å². The minimum Gasteiger partial charge on any atom is -0.314 e. The van der Waals surface area contributed by atoms with Crippen molar-refractivity contribution in [3.8, 4) is 0 Å². The molecule has 20 heavy (non-hydrogen) atoms. The number of piperidine rings is 2. The zero-order chi connectivity index (χ0) is 13.6. The van der Waals surface area contributed by atoms with Crippen LogP contribution in [-0.2, 0) is 0 Å². The highest BCUT2D eigenvalue weighted by atomic mass is 15.2. The van der Waals surface area contributed by atoms with Gasteiger partial charge in [0.25, 0.3) is 0 Å². The molecule has 116 valence electrons. The first-order valence-electron chi connectivity index (χ1n) is 9.08. The molecule has 0 aromatic heterocycles. The molecule has 0 radical (unpaired) electrons. The second kappa shape index (κ2) is 7.77. The molecule has 3 fully saturated rings. The zero-order valence-corrected chi connectivity index (χ0v) is 13.2. The molecule has 0 amide bonds. The lowest BCUT2D eigenvalue weighted by atomic mass is 9.95. The largest absolute Gasteiger partial charge is 0.314 e. The summed E-state index contributed by atoms with van der Waals surface area (Å²) in [5.41, 5.74) is 0. The van der Waals surface area contributed by atoms with Crippen LogP contribution in [0, 0.1) is 5.92 Å². The Morgan fingerprint density at radius 3 is 2.30 bits per heavy atom. The zero-order valence-electron chi connectivity index (χ0n) is 13.2. The van der Waals surface area contributed by atoms with E-state index in [0.29, 0.717) is 0 Å². The first-order chi connectivity index (χ1) is 9.90. The monoisotopic (exact) mass is 279 g/mol. The van der Waals surface area contributed by atoms with Crippen LogP contribution in [0.5, 0.6) is 0 Å². The van der Waals surface area contributed by atoms with E-state index in [1.807, 2.05) is 0 Å². The van der Waals surface area contributed by atoms with E-state index < -0.39 is 0 Å². The summed E-state index contributed by atoms with van der Waals surface area (Å²) in [5.74, 6) is 0.983. The highest BCUT2D eigenvalue weighted by molar-refractivity contribution is 4.79. The summed E-state index contributed by atoms with van der Waals surface area (Å²) in [7, 11) is 0. The van der Waals surface area contributed by atoms with Gasteiger partial charge in [-0.05, 0) is 90.1 Å². The molecule has 3 saturated heterocycles. The van der Waals surface area contributed by atoms with Crippen molar-refractivity contribution in [1.29, 1.82) is 0 Å². The van der Waals surface area contributed by atoms with E-state index in [-0.39, 0.29) is 0 Å². The summed E-state index contributed by atoms with van der Waals surface area (Å²) < 4.78 is 0. The van der Waals surface area contributed by atoms with Gasteiger partial charge in [-0.3, -0.25) is 0 Å². The average Bonchev–Trinajstić information content (AvgIpc) is 3.01. The van der Waals surface area contributed by atoms with Crippen LogP contribution in [0.15, 0.2) is 0 Å². The van der Waals surface area contributed by atoms with Gasteiger partial charge < -0.3 is 15.1 Å². The van der Waals surface area contributed by atoms with E-state index in [2.05, 4.69) is 15.1 Å². The fraction of sp³-hybridized carbons (Fsp3) is 1.00. The molecule has 1 unspecified atom stereocenters. The smallest absolute Gasteiger partial charge is 0.00792 e. The molecule has 0 aliphatic carbocycles. The number of hydrogen-bond donors (Lipinski definition) is 1. The molecule has 1 atom stereocenters. The minimum atomic E-state index is 0.811. The lowest BCUT2D eigenvalue weighted by Crippen LogP contribution is -2.41. The number of rotatable bonds is 5. The van der Waals surface area contributed by atoms with Gasteiger partial charge in [-0.15, -0.1) is 0 Å². The van der Waals surface area contributed by atoms with E-state index in [4.69, 9.17) is 0 Å². The van der Waals surface area contributed by atoms with Crippen molar-refractivity contribution in [2.24, 2.45) is 5.92 Å². The van der Waals surface area contributed by atoms with Crippen LogP contribution in [0.2, 0.25) is 0 Å². The molecule has 1 N–H and O–H groups in total. The summed E-state index contributed by atoms with van der Waals surface area (Å²) >= 11 is 0. The Balaban J connectivity index is 1.29. The van der Waals surface area contributed by atoms with Gasteiger partial charge in [0.05, 0.1) is 0 Å². The Morgan fingerprint density at radius 2 is 1.60 bits per heavy atom. The van der Waals surface area contributed by atoms with Crippen LogP contribution in [0.3, 0.4) is 0 Å². The van der Waals surface area contributed by atoms with Crippen LogP contribution in [0.4, 0.5) is 0 Å². The Bertz CT molecular complexity index is 261. The van der Waals surface area contributed by atoms with Crippen LogP contribution in [0.1, 0.15) is 51.4 Å². The van der Waals surface area contributed by atoms with Crippen LogP contribution < -0.4 is 5.32 Å². The summed E-state index contributed by atoms with van der Waals surface area (Å²) in [6.45, 7) is 9.41. The highest BCUT2D eigenvalue weighted by Gasteiger charge is 2.23. The molecule has 0 aromatic rings. The van der Waals surface area contributed by atoms with E-state index >= 15 is 0 Å². The maximum atomic E-state index is 3.68. The SMILES string of the molecule is C1CCC(CCN2CCC(CN3CCCC3)CC2)NC1. The van der Waals surface area contributed by atoms with Crippen molar-refractivity contribution in [2.45, 2.75) is 57.4 Å². The summed E-state index contributed by atoms with van der Waals surface area (Å²) in [6, 6.07) is 0.811. The molecule has 0 saturated carbocycles. The predicted molar refractivity (Wildman–Crippen MR) is 85.1 cm³/mol. The van der Waals surface area contributed by atoms with Crippen molar-refractivity contribution in [3.05, 3.63) is 0 Å². The molecule has 0 spiro atoms. The molecule has 3 heterocycles. The van der Waals surface area contributed by atoms with Gasteiger partial charge in [-0.2, -0.15) is 0 Å². The Hall–Kier alpha value is -0.120. The normalized spacial score (nSPS) is 30.9. The van der Waals surface area contributed by atoms with Crippen LogP contribution in [-0.4, -0.2) is 61.7 Å². The van der Waals surface area contributed by atoms with Crippen molar-refractivity contribution in [2.75, 3.05) is 45.8 Å². The van der Waals surface area contributed by atoms with Gasteiger partial charge in [0.15, 0.2) is 0 Å². The molecule has 3 rings (SSSR count). The van der Waals surface area contributed by atoms with Crippen molar-refractivity contribution in [1.82, 2.24) is 15.1 Å². The standard InChI is InChI=1S/C17H33N3/c1-2-9-18-17(5-1)8-14-19-12-6-16(7-13-19)15-20-10-3-4-11-20/h16-18H,1-15H2. The summed E-state index contributed by atoms with van der Waals surface area (Å²) in [4.78, 5) is 5.42. The van der Waals surface area contributed by atoms with E-state index in [9.17, 15) is 0 Å². The van der Waals surface area contributed by atoms with E-state index in [1.165, 1.54) is 97.2 Å². The van der Waals surface area contributed by atoms with Gasteiger partial charge in [-0.1, -0.05) is 6.42 Å². The molecule has 0 aromatic carbocycles. The number of nitrogens with zero attached hydrogens (tertiary/aromatic N) is 2. The fourth-order valence-electron chi connectivity index (χ4n) is 4.23. The topological polar surface area (TPSA) is 18.5 Å². The number of hydrogen-bond acceptors (Lipinski definition) is 3. The molecule has 3 nitrogen and oxygen atoms in total. The van der Waals surface area contributed by atoms with Gasteiger partial charge in [0.2, 0.25) is 0 Å². The maximum Gasteiger partial charge on any atom is 0.00792 e. The molecule has 3 heteroatoms. The van der Waals surface area contributed by atoms with Crippen molar-refractivity contribution in [3.63, 3.8) is 0 Å². The third kappa shape index (κ3) is 4.44. The lowest BCUT2D eigenvalue weighted by molar-refractivity contribution is 0.147. The van der Waals surface area contributed by atoms with Crippen molar-refractivity contribution < 1.29 is 0 Å². The third-order valence-corrected chi connectivity index (χ3v) is 5.63. The first kappa shape index (κ1) is 14.8. The molecule has 0 bridgehead atoms. The van der Waals surface area contributed by atoms with Gasteiger partial charge in [-0.25, -0.2) is 0 Å². The summed E-state index contributed by atoms with van der Waals surface area (Å²) in [5, 5.41) is 3.68. The molecule has 3 aliphatic heterocycles. The molecular formula is C17H33N3. The van der Waals surface area contributed by atoms with Gasteiger partial charge in [0, 0.05) is 12.6 Å². The van der Waals surface area contributed by atoms with Gasteiger partial charge in [0.1, 0.15) is 0 Å². The Labute approximate surface area is 125 Å². The predicted octanol–water partition coefficient (Wildman–Crippen LogP) is 2.33. The van der Waals surface area contributed by atoms with Crippen molar-refractivity contribution >= 4 is 0 Å². The Morgan fingerprint density at radius 1 is 0.800 bits per heavy atom. The molecule has 3 aliphatic rings. The number of nitrogens with one attached hydrogen (secondary N) is 1. The van der Waals surface area contributed by atoms with E-state index in [1.54, 1.807) is 0 Å². The third-order valence-electron chi connectivity index (χ3n) is 5.63. The van der Waals surface area contributed by atoms with Crippen LogP contribution in [0.25, 0.3) is 0 Å². The minimum absolute atomic E-state index is 0.811. The fourth-order valence-corrected chi connectivity index (χ4v) is 4.23. The first-order valence-corrected chi connectivity index (χ1v) is 9.08. The highest BCUT2D eigenvalue weighted by Crippen LogP contribution is 2.21. The second-order valence-corrected chi connectivity index (χ2v) is 7.23. The molecular weight excluding hydrogens is 246 g/mol. The maximum absolute atomic E-state index is 3.68. The van der Waals surface area contributed by atoms with Gasteiger partial charge >= 0.3 is 0 Å². The average molecular weight is 279 g/mol.